The molecule has 3 nitrogen and oxygen atoms in total. The number of hydrogen-bond acceptors (Lipinski definition) is 3. The van der Waals surface area contributed by atoms with E-state index in [9.17, 15) is 5.11 Å². The van der Waals surface area contributed by atoms with Crippen molar-refractivity contribution in [3.05, 3.63) is 0 Å². The lowest BCUT2D eigenvalue weighted by Crippen LogP contribution is -2.49. The minimum absolute atomic E-state index is 0.0648. The molecule has 3 heteroatoms. The average Bonchev–Trinajstić information content (AvgIpc) is 2.66. The summed E-state index contributed by atoms with van der Waals surface area (Å²) >= 11 is 0. The lowest BCUT2D eigenvalue weighted by Gasteiger charge is -2.47. The van der Waals surface area contributed by atoms with Gasteiger partial charge in [0.15, 0.2) is 5.79 Å². The molecule has 1 spiro atoms. The number of fused-ring (bicyclic) bond motifs is 3. The Hall–Kier alpha value is -0.120. The Balaban J connectivity index is 1.79. The van der Waals surface area contributed by atoms with Gasteiger partial charge in [-0.1, -0.05) is 0 Å². The van der Waals surface area contributed by atoms with Gasteiger partial charge in [-0.3, -0.25) is 0 Å². The van der Waals surface area contributed by atoms with Gasteiger partial charge in [-0.15, -0.1) is 0 Å². The van der Waals surface area contributed by atoms with Gasteiger partial charge >= 0.3 is 0 Å². The molecular formula is C11H18O3. The monoisotopic (exact) mass is 198 g/mol. The maximum Gasteiger partial charge on any atom is 0.171 e. The van der Waals surface area contributed by atoms with Crippen LogP contribution < -0.4 is 0 Å². The van der Waals surface area contributed by atoms with Crippen molar-refractivity contribution in [1.82, 2.24) is 0 Å². The third-order valence-electron chi connectivity index (χ3n) is 4.20. The standard InChI is InChI=1S/C11H18O3/c12-10-2-1-9-7-8(10)3-4-11(9)13-5-6-14-11/h8-10,12H,1-7H2. The normalized spacial score (nSPS) is 45.6. The Morgan fingerprint density at radius 1 is 1.07 bits per heavy atom. The highest BCUT2D eigenvalue weighted by atomic mass is 16.7. The molecule has 0 amide bonds. The van der Waals surface area contributed by atoms with Gasteiger partial charge in [-0.2, -0.15) is 0 Å². The van der Waals surface area contributed by atoms with Crippen molar-refractivity contribution in [1.29, 1.82) is 0 Å². The molecule has 0 aromatic rings. The summed E-state index contributed by atoms with van der Waals surface area (Å²) in [7, 11) is 0. The SMILES string of the molecule is OC1CCC2CC1CCC21OCCO1. The Morgan fingerprint density at radius 3 is 2.64 bits per heavy atom. The van der Waals surface area contributed by atoms with Crippen LogP contribution in [0, 0.1) is 11.8 Å². The summed E-state index contributed by atoms with van der Waals surface area (Å²) in [6.45, 7) is 1.51. The second-order valence-electron chi connectivity index (χ2n) is 4.88. The Labute approximate surface area is 84.4 Å². The maximum atomic E-state index is 9.77. The molecule has 3 atom stereocenters. The number of aliphatic hydroxyl groups is 1. The third-order valence-corrected chi connectivity index (χ3v) is 4.20. The van der Waals surface area contributed by atoms with Crippen molar-refractivity contribution < 1.29 is 14.6 Å². The lowest BCUT2D eigenvalue weighted by atomic mass is 9.67. The zero-order chi connectivity index (χ0) is 9.60. The third kappa shape index (κ3) is 1.23. The molecule has 80 valence electrons. The second-order valence-corrected chi connectivity index (χ2v) is 4.88. The summed E-state index contributed by atoms with van der Waals surface area (Å²) in [6, 6.07) is 0. The van der Waals surface area contributed by atoms with Crippen molar-refractivity contribution >= 4 is 0 Å². The van der Waals surface area contributed by atoms with Gasteiger partial charge < -0.3 is 14.6 Å². The van der Waals surface area contributed by atoms with Crippen LogP contribution in [0.3, 0.4) is 0 Å². The van der Waals surface area contributed by atoms with Crippen molar-refractivity contribution in [3.63, 3.8) is 0 Å². The van der Waals surface area contributed by atoms with Gasteiger partial charge in [0.05, 0.1) is 19.3 Å². The van der Waals surface area contributed by atoms with Gasteiger partial charge in [0.1, 0.15) is 0 Å². The van der Waals surface area contributed by atoms with E-state index >= 15 is 0 Å². The summed E-state index contributed by atoms with van der Waals surface area (Å²) in [5, 5.41) is 9.77. The molecule has 3 fully saturated rings. The zero-order valence-electron chi connectivity index (χ0n) is 8.45. The van der Waals surface area contributed by atoms with Crippen LogP contribution in [0.25, 0.3) is 0 Å². The smallest absolute Gasteiger partial charge is 0.171 e. The number of rotatable bonds is 0. The van der Waals surface area contributed by atoms with E-state index < -0.39 is 0 Å². The van der Waals surface area contributed by atoms with Crippen molar-refractivity contribution in [2.24, 2.45) is 11.8 Å². The molecule has 1 N–H and O–H groups in total. The molecule has 3 aliphatic rings. The van der Waals surface area contributed by atoms with Gasteiger partial charge in [-0.25, -0.2) is 0 Å². The zero-order valence-corrected chi connectivity index (χ0v) is 8.45. The largest absolute Gasteiger partial charge is 0.393 e. The molecule has 2 saturated carbocycles. The Morgan fingerprint density at radius 2 is 1.86 bits per heavy atom. The van der Waals surface area contributed by atoms with Crippen LogP contribution in [0.1, 0.15) is 32.1 Å². The molecule has 0 aromatic carbocycles. The average molecular weight is 198 g/mol. The predicted molar refractivity (Wildman–Crippen MR) is 50.7 cm³/mol. The maximum absolute atomic E-state index is 9.77. The van der Waals surface area contributed by atoms with E-state index in [-0.39, 0.29) is 11.9 Å². The van der Waals surface area contributed by atoms with Crippen LogP contribution in [-0.2, 0) is 9.47 Å². The fraction of sp³-hybridized carbons (Fsp3) is 1.00. The van der Waals surface area contributed by atoms with Crippen LogP contribution in [0.4, 0.5) is 0 Å². The molecule has 3 rings (SSSR count). The first kappa shape index (κ1) is 9.13. The minimum Gasteiger partial charge on any atom is -0.393 e. The van der Waals surface area contributed by atoms with Gasteiger partial charge in [0.25, 0.3) is 0 Å². The number of hydrogen-bond donors (Lipinski definition) is 1. The molecule has 1 aliphatic heterocycles. The highest BCUT2D eigenvalue weighted by Crippen LogP contribution is 2.49. The van der Waals surface area contributed by atoms with Crippen LogP contribution in [0.5, 0.6) is 0 Å². The molecule has 1 heterocycles. The fourth-order valence-electron chi connectivity index (χ4n) is 3.40. The van der Waals surface area contributed by atoms with E-state index in [4.69, 9.17) is 9.47 Å². The van der Waals surface area contributed by atoms with Crippen LogP contribution in [0.15, 0.2) is 0 Å². The highest BCUT2D eigenvalue weighted by Gasteiger charge is 2.51. The molecule has 2 bridgehead atoms. The minimum atomic E-state index is -0.253. The molecule has 2 aliphatic carbocycles. The first-order valence-electron chi connectivity index (χ1n) is 5.76. The van der Waals surface area contributed by atoms with E-state index in [0.29, 0.717) is 11.8 Å². The fourth-order valence-corrected chi connectivity index (χ4v) is 3.40. The summed E-state index contributed by atoms with van der Waals surface area (Å²) < 4.78 is 11.6. The van der Waals surface area contributed by atoms with Crippen LogP contribution in [-0.4, -0.2) is 30.2 Å². The number of ether oxygens (including phenoxy) is 2. The lowest BCUT2D eigenvalue weighted by molar-refractivity contribution is -0.234. The topological polar surface area (TPSA) is 38.7 Å². The van der Waals surface area contributed by atoms with Gasteiger partial charge in [0, 0.05) is 12.3 Å². The molecular weight excluding hydrogens is 180 g/mol. The first-order chi connectivity index (χ1) is 6.80. The predicted octanol–water partition coefficient (Wildman–Crippen LogP) is 1.30. The van der Waals surface area contributed by atoms with Crippen molar-refractivity contribution in [3.8, 4) is 0 Å². The van der Waals surface area contributed by atoms with E-state index in [2.05, 4.69) is 0 Å². The molecule has 0 aromatic heterocycles. The number of aliphatic hydroxyl groups excluding tert-OH is 1. The quantitative estimate of drug-likeness (QED) is 0.637. The molecule has 3 unspecified atom stereocenters. The van der Waals surface area contributed by atoms with E-state index in [1.54, 1.807) is 0 Å². The summed E-state index contributed by atoms with van der Waals surface area (Å²) in [4.78, 5) is 0. The molecule has 1 saturated heterocycles. The van der Waals surface area contributed by atoms with E-state index in [1.807, 2.05) is 0 Å². The van der Waals surface area contributed by atoms with Crippen LogP contribution >= 0.6 is 0 Å². The summed E-state index contributed by atoms with van der Waals surface area (Å²) in [5.41, 5.74) is 0. The van der Waals surface area contributed by atoms with Gasteiger partial charge in [0.2, 0.25) is 0 Å². The van der Waals surface area contributed by atoms with Crippen molar-refractivity contribution in [2.45, 2.75) is 44.0 Å². The highest BCUT2D eigenvalue weighted by molar-refractivity contribution is 4.95. The summed E-state index contributed by atoms with van der Waals surface area (Å²) in [5.74, 6) is 0.788. The second kappa shape index (κ2) is 3.19. The Bertz CT molecular complexity index is 223. The van der Waals surface area contributed by atoms with E-state index in [1.165, 1.54) is 0 Å². The first-order valence-corrected chi connectivity index (χ1v) is 5.76. The van der Waals surface area contributed by atoms with Gasteiger partial charge in [-0.05, 0) is 31.6 Å². The Kier molecular flexibility index (Phi) is 2.08. The van der Waals surface area contributed by atoms with E-state index in [0.717, 1.165) is 45.3 Å². The van der Waals surface area contributed by atoms with Crippen molar-refractivity contribution in [2.75, 3.05) is 13.2 Å². The summed E-state index contributed by atoms with van der Waals surface area (Å²) in [6.07, 6.45) is 5.09. The molecule has 14 heavy (non-hydrogen) atoms. The molecule has 0 radical (unpaired) electrons. The van der Waals surface area contributed by atoms with Crippen LogP contribution in [0.2, 0.25) is 0 Å².